The van der Waals surface area contributed by atoms with Crippen molar-refractivity contribution in [1.29, 1.82) is 5.26 Å². The molecule has 0 fully saturated rings. The summed E-state index contributed by atoms with van der Waals surface area (Å²) in [4.78, 5) is 38.7. The number of hydrogen-bond donors (Lipinski definition) is 3. The Hall–Kier alpha value is -4.40. The highest BCUT2D eigenvalue weighted by atomic mass is 32.2. The number of nitrogens with zero attached hydrogens (tertiary/aromatic N) is 2. The molecule has 0 spiro atoms. The normalized spacial score (nSPS) is 11.9. The van der Waals surface area contributed by atoms with Crippen LogP contribution in [-0.2, 0) is 31.6 Å². The molecule has 1 heterocycles. The van der Waals surface area contributed by atoms with Crippen molar-refractivity contribution in [3.63, 3.8) is 0 Å². The molecular weight excluding hydrogens is 691 g/mol. The summed E-state index contributed by atoms with van der Waals surface area (Å²) in [6, 6.07) is 12.8. The molecule has 1 atom stereocenters. The minimum absolute atomic E-state index is 0.00789. The van der Waals surface area contributed by atoms with Gasteiger partial charge in [0.1, 0.15) is 5.56 Å². The largest absolute Gasteiger partial charge is 0.606 e. The van der Waals surface area contributed by atoms with E-state index in [1.807, 2.05) is 6.07 Å². The van der Waals surface area contributed by atoms with Crippen molar-refractivity contribution in [2.75, 3.05) is 59.3 Å². The van der Waals surface area contributed by atoms with E-state index in [-0.39, 0.29) is 53.6 Å². The van der Waals surface area contributed by atoms with Gasteiger partial charge in [0.05, 0.1) is 62.5 Å². The minimum atomic E-state index is -4.69. The molecule has 2 aromatic carbocycles. The average Bonchev–Trinajstić information content (AvgIpc) is 3.11. The first-order chi connectivity index (χ1) is 24.5. The van der Waals surface area contributed by atoms with Gasteiger partial charge in [-0.05, 0) is 55.8 Å². The highest BCUT2D eigenvalue weighted by Crippen LogP contribution is 2.31. The summed E-state index contributed by atoms with van der Waals surface area (Å²) in [7, 11) is 0. The first-order valence-electron chi connectivity index (χ1n) is 16.4. The molecular formula is C35H42F3N5O7S. The number of nitrogens with one attached hydrogen (secondary N) is 3. The predicted molar refractivity (Wildman–Crippen MR) is 183 cm³/mol. The summed E-state index contributed by atoms with van der Waals surface area (Å²) in [5.74, 6) is -0.834. The monoisotopic (exact) mass is 733 g/mol. The number of amides is 3. The molecule has 3 rings (SSSR count). The zero-order valence-electron chi connectivity index (χ0n) is 28.5. The van der Waals surface area contributed by atoms with E-state index in [0.717, 1.165) is 42.0 Å². The van der Waals surface area contributed by atoms with Crippen molar-refractivity contribution in [3.05, 3.63) is 87.3 Å². The molecule has 0 aliphatic rings. The van der Waals surface area contributed by atoms with E-state index < -0.39 is 39.9 Å². The maximum Gasteiger partial charge on any atom is 0.416 e. The van der Waals surface area contributed by atoms with Crippen LogP contribution in [0.15, 0.2) is 69.2 Å². The summed E-state index contributed by atoms with van der Waals surface area (Å²) in [5, 5.41) is 17.1. The van der Waals surface area contributed by atoms with Crippen LogP contribution in [-0.4, -0.2) is 80.3 Å². The second-order valence-corrected chi connectivity index (χ2v) is 12.5. The fourth-order valence-corrected chi connectivity index (χ4v) is 5.91. The van der Waals surface area contributed by atoms with Gasteiger partial charge >= 0.3 is 12.2 Å². The number of pyridine rings is 1. The maximum atomic E-state index is 13.7. The molecule has 0 saturated carbocycles. The molecule has 0 aliphatic carbocycles. The maximum absolute atomic E-state index is 13.7. The Bertz CT molecular complexity index is 1680. The molecule has 3 aromatic rings. The highest BCUT2D eigenvalue weighted by Gasteiger charge is 2.32. The van der Waals surface area contributed by atoms with E-state index in [2.05, 4.69) is 22.9 Å². The molecule has 1 unspecified atom stereocenters. The number of carbonyl (C=O) groups excluding carboxylic acids is 2. The minimum Gasteiger partial charge on any atom is -0.606 e. The van der Waals surface area contributed by atoms with E-state index in [4.69, 9.17) is 19.5 Å². The number of ether oxygens (including phenoxy) is 3. The third kappa shape index (κ3) is 13.0. The smallest absolute Gasteiger partial charge is 0.416 e. The van der Waals surface area contributed by atoms with Gasteiger partial charge in [0.25, 0.3) is 11.5 Å². The fourth-order valence-electron chi connectivity index (χ4n) is 4.69. The fraction of sp³-hybridized carbons (Fsp3) is 0.429. The summed E-state index contributed by atoms with van der Waals surface area (Å²) >= 11 is -1.97. The highest BCUT2D eigenvalue weighted by molar-refractivity contribution is 7.91. The van der Waals surface area contributed by atoms with E-state index >= 15 is 0 Å². The zero-order chi connectivity index (χ0) is 37.2. The SMILES string of the molecule is CCCCCNC(=O)NCCOCCOCCOCCNC(=O)c1cc([S+]([O-])c2ccc(C#N)cc2)c(C)n(-c2cccc(C(F)(F)F)c2)c1=O. The summed E-state index contributed by atoms with van der Waals surface area (Å²) < 4.78 is 71.5. The Morgan fingerprint density at radius 2 is 1.49 bits per heavy atom. The molecule has 1 aromatic heterocycles. The van der Waals surface area contributed by atoms with Crippen LogP contribution in [0.3, 0.4) is 0 Å². The molecule has 3 amide bonds. The number of unbranched alkanes of at least 4 members (excludes halogenated alkanes) is 2. The van der Waals surface area contributed by atoms with Gasteiger partial charge in [-0.15, -0.1) is 0 Å². The number of halogens is 3. The molecule has 12 nitrogen and oxygen atoms in total. The lowest BCUT2D eigenvalue weighted by Gasteiger charge is -2.19. The van der Waals surface area contributed by atoms with Crippen molar-refractivity contribution < 1.29 is 41.5 Å². The number of rotatable bonds is 20. The van der Waals surface area contributed by atoms with Crippen LogP contribution in [0.25, 0.3) is 5.69 Å². The number of hydrogen-bond acceptors (Lipinski definition) is 8. The first kappa shape index (κ1) is 41.0. The van der Waals surface area contributed by atoms with Gasteiger partial charge in [0.15, 0.2) is 9.79 Å². The van der Waals surface area contributed by atoms with Crippen LogP contribution in [0.1, 0.15) is 53.4 Å². The van der Waals surface area contributed by atoms with Crippen LogP contribution in [0.2, 0.25) is 0 Å². The topological polar surface area (TPSA) is 167 Å². The molecule has 51 heavy (non-hydrogen) atoms. The van der Waals surface area contributed by atoms with E-state index in [9.17, 15) is 32.1 Å². The summed E-state index contributed by atoms with van der Waals surface area (Å²) in [6.45, 7) is 5.99. The van der Waals surface area contributed by atoms with Gasteiger partial charge in [-0.1, -0.05) is 25.8 Å². The quantitative estimate of drug-likeness (QED) is 0.113. The second-order valence-electron chi connectivity index (χ2n) is 11.1. The van der Waals surface area contributed by atoms with Crippen LogP contribution < -0.4 is 21.5 Å². The van der Waals surface area contributed by atoms with E-state index in [1.54, 1.807) is 0 Å². The van der Waals surface area contributed by atoms with Crippen molar-refractivity contribution in [2.45, 2.75) is 49.1 Å². The standard InChI is InChI=1S/C35H42F3N5O7S/c1-3-4-5-13-41-34(46)42-15-17-49-19-21-50-20-18-48-16-14-40-32(44)30-23-31(51(47)29-11-9-26(24-39)10-12-29)25(2)43(33(30)45)28-8-6-7-27(22-28)35(36,37)38/h6-12,22-23H,3-5,13-21H2,1-2H3,(H,40,44)(H2,41,42,46). The van der Waals surface area contributed by atoms with Crippen molar-refractivity contribution in [2.24, 2.45) is 0 Å². The number of nitriles is 1. The van der Waals surface area contributed by atoms with Gasteiger partial charge in [-0.25, -0.2) is 4.79 Å². The predicted octanol–water partition coefficient (Wildman–Crippen LogP) is 4.47. The van der Waals surface area contributed by atoms with Crippen molar-refractivity contribution in [3.8, 4) is 11.8 Å². The zero-order valence-corrected chi connectivity index (χ0v) is 29.3. The molecule has 0 bridgehead atoms. The van der Waals surface area contributed by atoms with Crippen molar-refractivity contribution >= 4 is 23.1 Å². The number of aromatic nitrogens is 1. The third-order valence-corrected chi connectivity index (χ3v) is 8.86. The van der Waals surface area contributed by atoms with Gasteiger partial charge in [-0.2, -0.15) is 18.4 Å². The molecule has 3 N–H and O–H groups in total. The Kier molecular flexibility index (Phi) is 17.0. The number of carbonyl (C=O) groups is 2. The molecule has 0 aliphatic heterocycles. The number of alkyl halides is 3. The average molecular weight is 734 g/mol. The van der Waals surface area contributed by atoms with E-state index in [0.29, 0.717) is 38.5 Å². The summed E-state index contributed by atoms with van der Waals surface area (Å²) in [5.41, 5.74) is -2.10. The van der Waals surface area contributed by atoms with Crippen LogP contribution in [0.4, 0.5) is 18.0 Å². The van der Waals surface area contributed by atoms with Gasteiger partial charge in [-0.3, -0.25) is 14.2 Å². The van der Waals surface area contributed by atoms with Crippen LogP contribution in [0.5, 0.6) is 0 Å². The molecule has 276 valence electrons. The lowest BCUT2D eigenvalue weighted by Crippen LogP contribution is -2.37. The van der Waals surface area contributed by atoms with Crippen LogP contribution in [0, 0.1) is 18.3 Å². The second kappa shape index (κ2) is 21.1. The number of urea groups is 1. The molecule has 0 saturated heterocycles. The first-order valence-corrected chi connectivity index (χ1v) is 17.5. The Balaban J connectivity index is 1.54. The van der Waals surface area contributed by atoms with Crippen molar-refractivity contribution in [1.82, 2.24) is 20.5 Å². The Labute approximate surface area is 297 Å². The Morgan fingerprint density at radius 1 is 0.882 bits per heavy atom. The summed E-state index contributed by atoms with van der Waals surface area (Å²) in [6.07, 6.45) is -1.61. The van der Waals surface area contributed by atoms with Gasteiger partial charge in [0.2, 0.25) is 0 Å². The van der Waals surface area contributed by atoms with Crippen LogP contribution >= 0.6 is 0 Å². The third-order valence-electron chi connectivity index (χ3n) is 7.35. The lowest BCUT2D eigenvalue weighted by atomic mass is 10.1. The molecule has 0 radical (unpaired) electrons. The lowest BCUT2D eigenvalue weighted by molar-refractivity contribution is -0.137. The number of benzene rings is 2. The molecule has 16 heteroatoms. The van der Waals surface area contributed by atoms with Gasteiger partial charge in [0, 0.05) is 42.6 Å². The van der Waals surface area contributed by atoms with E-state index in [1.165, 1.54) is 43.3 Å². The Morgan fingerprint density at radius 3 is 2.10 bits per heavy atom. The van der Waals surface area contributed by atoms with Gasteiger partial charge < -0.3 is 34.7 Å².